The molecule has 0 fully saturated rings. The number of anilines is 1. The number of carbonyl (C=O) groups is 1. The van der Waals surface area contributed by atoms with Crippen molar-refractivity contribution < 1.29 is 4.79 Å². The van der Waals surface area contributed by atoms with E-state index < -0.39 is 0 Å². The van der Waals surface area contributed by atoms with Gasteiger partial charge in [-0.15, -0.1) is 0 Å². The molecule has 0 N–H and O–H groups in total. The highest BCUT2D eigenvalue weighted by molar-refractivity contribution is 5.82. The Labute approximate surface area is 102 Å². The summed E-state index contributed by atoms with van der Waals surface area (Å²) in [4.78, 5) is 12.9. The largest absolute Gasteiger partial charge is 0.378 e. The Morgan fingerprint density at radius 1 is 0.941 bits per heavy atom. The molecule has 2 rings (SSSR count). The molecule has 2 nitrogen and oxygen atoms in total. The van der Waals surface area contributed by atoms with Crippen LogP contribution in [0.2, 0.25) is 0 Å². The maximum atomic E-state index is 10.9. The molecule has 0 atom stereocenters. The third-order valence-electron chi connectivity index (χ3n) is 2.70. The lowest BCUT2D eigenvalue weighted by molar-refractivity contribution is 0.112. The van der Waals surface area contributed by atoms with Crippen molar-refractivity contribution >= 4 is 12.0 Å². The highest BCUT2D eigenvalue weighted by Crippen LogP contribution is 2.25. The molecule has 0 spiro atoms. The average molecular weight is 225 g/mol. The van der Waals surface area contributed by atoms with Crippen molar-refractivity contribution in [3.8, 4) is 11.1 Å². The minimum atomic E-state index is 0.704. The molecular formula is C15H15NO. The minimum Gasteiger partial charge on any atom is -0.378 e. The maximum Gasteiger partial charge on any atom is 0.150 e. The quantitative estimate of drug-likeness (QED) is 0.747. The smallest absolute Gasteiger partial charge is 0.150 e. The predicted molar refractivity (Wildman–Crippen MR) is 71.6 cm³/mol. The van der Waals surface area contributed by atoms with Crippen molar-refractivity contribution in [2.75, 3.05) is 19.0 Å². The van der Waals surface area contributed by atoms with Crippen LogP contribution in [-0.2, 0) is 0 Å². The van der Waals surface area contributed by atoms with Gasteiger partial charge in [-0.2, -0.15) is 0 Å². The van der Waals surface area contributed by atoms with Gasteiger partial charge >= 0.3 is 0 Å². The third-order valence-corrected chi connectivity index (χ3v) is 2.70. The summed E-state index contributed by atoms with van der Waals surface area (Å²) in [5, 5.41) is 0. The van der Waals surface area contributed by atoms with Crippen LogP contribution in [0.15, 0.2) is 48.5 Å². The number of nitrogens with zero attached hydrogens (tertiary/aromatic N) is 1. The van der Waals surface area contributed by atoms with Crippen molar-refractivity contribution in [2.45, 2.75) is 0 Å². The molecular weight excluding hydrogens is 210 g/mol. The SMILES string of the molecule is CN(C)c1cc(C=O)cc(-c2ccccc2)c1. The van der Waals surface area contributed by atoms with Crippen LogP contribution in [0.4, 0.5) is 5.69 Å². The molecule has 0 bridgehead atoms. The van der Waals surface area contributed by atoms with Crippen LogP contribution in [0, 0.1) is 0 Å². The second kappa shape index (κ2) is 4.83. The highest BCUT2D eigenvalue weighted by Gasteiger charge is 2.03. The van der Waals surface area contributed by atoms with Crippen LogP contribution in [0.1, 0.15) is 10.4 Å². The first-order valence-electron chi connectivity index (χ1n) is 5.54. The van der Waals surface area contributed by atoms with E-state index in [-0.39, 0.29) is 0 Å². The number of hydrogen-bond donors (Lipinski definition) is 0. The second-order valence-electron chi connectivity index (χ2n) is 4.19. The molecule has 0 unspecified atom stereocenters. The summed E-state index contributed by atoms with van der Waals surface area (Å²) in [5.41, 5.74) is 3.93. The summed E-state index contributed by atoms with van der Waals surface area (Å²) in [5.74, 6) is 0. The van der Waals surface area contributed by atoms with E-state index >= 15 is 0 Å². The van der Waals surface area contributed by atoms with Gasteiger partial charge in [0, 0.05) is 25.3 Å². The van der Waals surface area contributed by atoms with Gasteiger partial charge < -0.3 is 4.90 Å². The highest BCUT2D eigenvalue weighted by atomic mass is 16.1. The predicted octanol–water partition coefficient (Wildman–Crippen LogP) is 3.23. The van der Waals surface area contributed by atoms with Crippen molar-refractivity contribution in [1.29, 1.82) is 0 Å². The van der Waals surface area contributed by atoms with Gasteiger partial charge in [0.2, 0.25) is 0 Å². The summed E-state index contributed by atoms with van der Waals surface area (Å²) >= 11 is 0. The Balaban J connectivity index is 2.54. The molecule has 0 saturated carbocycles. The number of carbonyl (C=O) groups excluding carboxylic acids is 1. The molecule has 2 aromatic rings. The Hall–Kier alpha value is -2.09. The molecule has 0 saturated heterocycles. The van der Waals surface area contributed by atoms with E-state index in [9.17, 15) is 4.79 Å². The Morgan fingerprint density at radius 3 is 2.24 bits per heavy atom. The fourth-order valence-electron chi connectivity index (χ4n) is 1.76. The molecule has 86 valence electrons. The van der Waals surface area contributed by atoms with E-state index in [0.29, 0.717) is 5.56 Å². The molecule has 2 heteroatoms. The van der Waals surface area contributed by atoms with Crippen molar-refractivity contribution in [3.63, 3.8) is 0 Å². The molecule has 17 heavy (non-hydrogen) atoms. The van der Waals surface area contributed by atoms with Crippen LogP contribution < -0.4 is 4.90 Å². The van der Waals surface area contributed by atoms with E-state index in [4.69, 9.17) is 0 Å². The van der Waals surface area contributed by atoms with Gasteiger partial charge in [0.05, 0.1) is 0 Å². The fraction of sp³-hybridized carbons (Fsp3) is 0.133. The van der Waals surface area contributed by atoms with E-state index in [1.807, 2.05) is 61.5 Å². The van der Waals surface area contributed by atoms with Gasteiger partial charge in [0.15, 0.2) is 0 Å². The summed E-state index contributed by atoms with van der Waals surface area (Å²) in [6.45, 7) is 0. The van der Waals surface area contributed by atoms with Crippen molar-refractivity contribution in [1.82, 2.24) is 0 Å². The number of benzene rings is 2. The van der Waals surface area contributed by atoms with E-state index in [1.165, 1.54) is 0 Å². The second-order valence-corrected chi connectivity index (χ2v) is 4.19. The number of hydrogen-bond acceptors (Lipinski definition) is 2. The Bertz CT molecular complexity index is 518. The Kier molecular flexibility index (Phi) is 3.24. The maximum absolute atomic E-state index is 10.9. The topological polar surface area (TPSA) is 20.3 Å². The first-order chi connectivity index (χ1) is 8.20. The standard InChI is InChI=1S/C15H15NO/c1-16(2)15-9-12(11-17)8-14(10-15)13-6-4-3-5-7-13/h3-11H,1-2H3. The zero-order valence-electron chi connectivity index (χ0n) is 10.1. The summed E-state index contributed by atoms with van der Waals surface area (Å²) in [6, 6.07) is 16.0. The number of rotatable bonds is 3. The molecule has 2 aromatic carbocycles. The van der Waals surface area contributed by atoms with Crippen molar-refractivity contribution in [2.24, 2.45) is 0 Å². The molecule has 0 aliphatic carbocycles. The Morgan fingerprint density at radius 2 is 1.65 bits per heavy atom. The van der Waals surface area contributed by atoms with E-state index in [2.05, 4.69) is 6.07 Å². The zero-order valence-corrected chi connectivity index (χ0v) is 10.1. The van der Waals surface area contributed by atoms with Gasteiger partial charge in [-0.3, -0.25) is 4.79 Å². The summed E-state index contributed by atoms with van der Waals surface area (Å²) in [6.07, 6.45) is 0.888. The molecule has 0 aliphatic rings. The lowest BCUT2D eigenvalue weighted by Gasteiger charge is -2.14. The minimum absolute atomic E-state index is 0.704. The fourth-order valence-corrected chi connectivity index (χ4v) is 1.76. The zero-order chi connectivity index (χ0) is 12.3. The van der Waals surface area contributed by atoms with Gasteiger partial charge in [0.25, 0.3) is 0 Å². The van der Waals surface area contributed by atoms with Gasteiger partial charge in [-0.1, -0.05) is 30.3 Å². The lowest BCUT2D eigenvalue weighted by Crippen LogP contribution is -2.09. The number of aldehydes is 1. The molecule has 0 radical (unpaired) electrons. The third kappa shape index (κ3) is 2.53. The van der Waals surface area contributed by atoms with Crippen LogP contribution in [0.25, 0.3) is 11.1 Å². The van der Waals surface area contributed by atoms with Crippen LogP contribution >= 0.6 is 0 Å². The van der Waals surface area contributed by atoms with Crippen molar-refractivity contribution in [3.05, 3.63) is 54.1 Å². The van der Waals surface area contributed by atoms with Crippen LogP contribution in [-0.4, -0.2) is 20.4 Å². The van der Waals surface area contributed by atoms with Gasteiger partial charge in [-0.05, 0) is 29.3 Å². The molecule has 0 amide bonds. The van der Waals surface area contributed by atoms with Crippen LogP contribution in [0.5, 0.6) is 0 Å². The molecule has 0 aromatic heterocycles. The first kappa shape index (κ1) is 11.4. The summed E-state index contributed by atoms with van der Waals surface area (Å²) in [7, 11) is 3.94. The molecule has 0 heterocycles. The van der Waals surface area contributed by atoms with Gasteiger partial charge in [-0.25, -0.2) is 0 Å². The molecule has 0 aliphatic heterocycles. The van der Waals surface area contributed by atoms with Gasteiger partial charge in [0.1, 0.15) is 6.29 Å². The van der Waals surface area contributed by atoms with Crippen LogP contribution in [0.3, 0.4) is 0 Å². The van der Waals surface area contributed by atoms with E-state index in [0.717, 1.165) is 23.1 Å². The summed E-state index contributed by atoms with van der Waals surface area (Å²) < 4.78 is 0. The first-order valence-corrected chi connectivity index (χ1v) is 5.54. The average Bonchev–Trinajstić information content (AvgIpc) is 2.39. The lowest BCUT2D eigenvalue weighted by atomic mass is 10.0. The van der Waals surface area contributed by atoms with E-state index in [1.54, 1.807) is 0 Å². The normalized spacial score (nSPS) is 10.0. The monoisotopic (exact) mass is 225 g/mol.